The first kappa shape index (κ1) is 9.67. The van der Waals surface area contributed by atoms with Gasteiger partial charge in [-0.25, -0.2) is 0 Å². The van der Waals surface area contributed by atoms with Crippen LogP contribution in [0.15, 0.2) is 0 Å². The van der Waals surface area contributed by atoms with Crippen LogP contribution in [0, 0.1) is 5.41 Å². The van der Waals surface area contributed by atoms with Crippen LogP contribution in [0.5, 0.6) is 0 Å². The van der Waals surface area contributed by atoms with Crippen molar-refractivity contribution in [2.45, 2.75) is 46.5 Å². The van der Waals surface area contributed by atoms with Crippen LogP contribution >= 0.6 is 0 Å². The number of hydrogen-bond acceptors (Lipinski definition) is 1. The van der Waals surface area contributed by atoms with E-state index in [-0.39, 0.29) is 5.41 Å². The Bertz CT molecular complexity index is 94.9. The van der Waals surface area contributed by atoms with Crippen molar-refractivity contribution in [1.29, 1.82) is 0 Å². The molecule has 1 nitrogen and oxygen atoms in total. The van der Waals surface area contributed by atoms with E-state index in [9.17, 15) is 4.79 Å². The maximum atomic E-state index is 10.1. The van der Waals surface area contributed by atoms with Gasteiger partial charge in [0.05, 0.1) is 0 Å². The first-order chi connectivity index (χ1) is 4.62. The molecule has 0 atom stereocenters. The zero-order valence-corrected chi connectivity index (χ0v) is 7.24. The first-order valence-electron chi connectivity index (χ1n) is 3.97. The Kier molecular flexibility index (Phi) is 4.33. The Morgan fingerprint density at radius 1 is 1.40 bits per heavy atom. The van der Waals surface area contributed by atoms with Crippen LogP contribution < -0.4 is 0 Å². The summed E-state index contributed by atoms with van der Waals surface area (Å²) in [5.41, 5.74) is 0.178. The van der Waals surface area contributed by atoms with Gasteiger partial charge in [-0.1, -0.05) is 33.6 Å². The summed E-state index contributed by atoms with van der Waals surface area (Å²) in [7, 11) is 0. The molecular weight excluding hydrogens is 124 g/mol. The number of rotatable bonds is 5. The average Bonchev–Trinajstić information content (AvgIpc) is 1.84. The van der Waals surface area contributed by atoms with Gasteiger partial charge in [-0.3, -0.25) is 4.79 Å². The van der Waals surface area contributed by atoms with Crippen LogP contribution in [0.25, 0.3) is 0 Å². The Morgan fingerprint density at radius 2 is 2.00 bits per heavy atom. The zero-order valence-electron chi connectivity index (χ0n) is 7.24. The smallest absolute Gasteiger partial charge is 0.198 e. The van der Waals surface area contributed by atoms with E-state index in [1.165, 1.54) is 12.8 Å². The maximum Gasteiger partial charge on any atom is 0.198 e. The van der Waals surface area contributed by atoms with Gasteiger partial charge in [0.1, 0.15) is 0 Å². The molecule has 1 heteroatoms. The second-order valence-electron chi connectivity index (χ2n) is 3.59. The molecule has 0 saturated carbocycles. The predicted octanol–water partition coefficient (Wildman–Crippen LogP) is 2.70. The largest absolute Gasteiger partial charge is 0.291 e. The summed E-state index contributed by atoms with van der Waals surface area (Å²) >= 11 is 0. The molecule has 0 aliphatic carbocycles. The second kappa shape index (κ2) is 4.48. The lowest BCUT2D eigenvalue weighted by Crippen LogP contribution is -2.11. The Balaban J connectivity index is 3.51. The highest BCUT2D eigenvalue weighted by atomic mass is 16.1. The topological polar surface area (TPSA) is 17.1 Å². The van der Waals surface area contributed by atoms with E-state index >= 15 is 0 Å². The SMILES string of the molecule is CCCCC(C)(C)C[C]=O. The molecule has 0 spiro atoms. The van der Waals surface area contributed by atoms with Crippen LogP contribution in [0.4, 0.5) is 0 Å². The highest BCUT2D eigenvalue weighted by Crippen LogP contribution is 2.25. The summed E-state index contributed by atoms with van der Waals surface area (Å²) in [6.07, 6.45) is 6.11. The van der Waals surface area contributed by atoms with Gasteiger partial charge in [-0.05, 0) is 11.8 Å². The average molecular weight is 141 g/mol. The van der Waals surface area contributed by atoms with Crippen molar-refractivity contribution >= 4 is 6.29 Å². The molecule has 0 unspecified atom stereocenters. The van der Waals surface area contributed by atoms with Crippen molar-refractivity contribution < 1.29 is 4.79 Å². The zero-order chi connectivity index (χ0) is 8.04. The molecule has 0 aliphatic rings. The van der Waals surface area contributed by atoms with Gasteiger partial charge in [-0.2, -0.15) is 0 Å². The summed E-state index contributed by atoms with van der Waals surface area (Å²) in [6, 6.07) is 0. The number of carbonyl (C=O) groups excluding carboxylic acids is 1. The van der Waals surface area contributed by atoms with Crippen LogP contribution in [-0.4, -0.2) is 6.29 Å². The van der Waals surface area contributed by atoms with E-state index in [4.69, 9.17) is 0 Å². The standard InChI is InChI=1S/C9H17O/c1-4-5-6-9(2,3)7-8-10/h4-7H2,1-3H3. The van der Waals surface area contributed by atoms with Crippen molar-refractivity contribution in [3.8, 4) is 0 Å². The fraction of sp³-hybridized carbons (Fsp3) is 0.889. The maximum absolute atomic E-state index is 10.1. The van der Waals surface area contributed by atoms with Gasteiger partial charge < -0.3 is 0 Å². The van der Waals surface area contributed by atoms with Crippen molar-refractivity contribution in [2.24, 2.45) is 5.41 Å². The van der Waals surface area contributed by atoms with Gasteiger partial charge in [0.25, 0.3) is 0 Å². The number of unbranched alkanes of at least 4 members (excludes halogenated alkanes) is 1. The van der Waals surface area contributed by atoms with Crippen molar-refractivity contribution in [2.75, 3.05) is 0 Å². The number of hydrogen-bond donors (Lipinski definition) is 0. The van der Waals surface area contributed by atoms with E-state index in [1.807, 2.05) is 6.29 Å². The van der Waals surface area contributed by atoms with Crippen molar-refractivity contribution in [3.05, 3.63) is 0 Å². The molecular formula is C9H17O. The molecule has 0 heterocycles. The minimum Gasteiger partial charge on any atom is -0.291 e. The van der Waals surface area contributed by atoms with Crippen molar-refractivity contribution in [3.63, 3.8) is 0 Å². The van der Waals surface area contributed by atoms with E-state index in [0.29, 0.717) is 6.42 Å². The third-order valence-electron chi connectivity index (χ3n) is 1.76. The van der Waals surface area contributed by atoms with Gasteiger partial charge >= 0.3 is 0 Å². The summed E-state index contributed by atoms with van der Waals surface area (Å²) in [4.78, 5) is 10.1. The van der Waals surface area contributed by atoms with E-state index in [0.717, 1.165) is 6.42 Å². The third-order valence-corrected chi connectivity index (χ3v) is 1.76. The molecule has 0 rings (SSSR count). The van der Waals surface area contributed by atoms with Crippen LogP contribution in [0.3, 0.4) is 0 Å². The van der Waals surface area contributed by atoms with E-state index in [2.05, 4.69) is 20.8 Å². The predicted molar refractivity (Wildman–Crippen MR) is 43.6 cm³/mol. The van der Waals surface area contributed by atoms with E-state index < -0.39 is 0 Å². The van der Waals surface area contributed by atoms with Crippen LogP contribution in [-0.2, 0) is 4.79 Å². The molecule has 0 N–H and O–H groups in total. The third kappa shape index (κ3) is 4.54. The fourth-order valence-electron chi connectivity index (χ4n) is 0.939. The summed E-state index contributed by atoms with van der Waals surface area (Å²) in [5.74, 6) is 0. The molecule has 0 aromatic carbocycles. The van der Waals surface area contributed by atoms with E-state index in [1.54, 1.807) is 0 Å². The normalized spacial score (nSPS) is 11.5. The summed E-state index contributed by atoms with van der Waals surface area (Å²) < 4.78 is 0. The quantitative estimate of drug-likeness (QED) is 0.575. The monoisotopic (exact) mass is 141 g/mol. The molecule has 0 aliphatic heterocycles. The fourth-order valence-corrected chi connectivity index (χ4v) is 0.939. The Morgan fingerprint density at radius 3 is 2.40 bits per heavy atom. The van der Waals surface area contributed by atoms with Gasteiger partial charge in [0, 0.05) is 6.42 Å². The lowest BCUT2D eigenvalue weighted by molar-refractivity contribution is 0.331. The molecule has 1 radical (unpaired) electrons. The molecule has 10 heavy (non-hydrogen) atoms. The lowest BCUT2D eigenvalue weighted by Gasteiger charge is -2.20. The molecule has 0 aromatic heterocycles. The molecule has 0 amide bonds. The minimum atomic E-state index is 0.178. The molecule has 59 valence electrons. The van der Waals surface area contributed by atoms with Crippen molar-refractivity contribution in [1.82, 2.24) is 0 Å². The second-order valence-corrected chi connectivity index (χ2v) is 3.59. The molecule has 0 fully saturated rings. The molecule has 0 aromatic rings. The minimum absolute atomic E-state index is 0.178. The van der Waals surface area contributed by atoms with Gasteiger partial charge in [-0.15, -0.1) is 0 Å². The van der Waals surface area contributed by atoms with Crippen LogP contribution in [0.1, 0.15) is 46.5 Å². The summed E-state index contributed by atoms with van der Waals surface area (Å²) in [5, 5.41) is 0. The van der Waals surface area contributed by atoms with Gasteiger partial charge in [0.2, 0.25) is 0 Å². The van der Waals surface area contributed by atoms with Gasteiger partial charge in [0.15, 0.2) is 6.29 Å². The highest BCUT2D eigenvalue weighted by molar-refractivity contribution is 5.51. The molecule has 0 saturated heterocycles. The molecule has 0 bridgehead atoms. The highest BCUT2D eigenvalue weighted by Gasteiger charge is 2.15. The first-order valence-corrected chi connectivity index (χ1v) is 3.97. The lowest BCUT2D eigenvalue weighted by atomic mass is 9.85. The Labute approximate surface area is 63.8 Å². The van der Waals surface area contributed by atoms with Crippen LogP contribution in [0.2, 0.25) is 0 Å². The Hall–Kier alpha value is -0.330. The summed E-state index contributed by atoms with van der Waals surface area (Å²) in [6.45, 7) is 6.40.